The fraction of sp³-hybridized carbons (Fsp3) is 0.150. The van der Waals surface area contributed by atoms with Gasteiger partial charge in [-0.05, 0) is 37.3 Å². The predicted octanol–water partition coefficient (Wildman–Crippen LogP) is 2.09. The molecule has 1 aromatic carbocycles. The lowest BCUT2D eigenvalue weighted by atomic mass is 10.3. The topological polar surface area (TPSA) is 25.1 Å². The Morgan fingerprint density at radius 3 is 2.96 bits per heavy atom. The van der Waals surface area contributed by atoms with Crippen LogP contribution in [-0.4, -0.2) is 6.61 Å². The number of anilines is 1. The van der Waals surface area contributed by atoms with Crippen molar-refractivity contribution in [1.29, 1.82) is 0 Å². The summed E-state index contributed by atoms with van der Waals surface area (Å²) in [5, 5.41) is 5.77. The average Bonchev–Trinajstić information content (AvgIpc) is 3.21. The highest BCUT2D eigenvalue weighted by Gasteiger charge is 2.25. The molecule has 1 aromatic heterocycles. The highest BCUT2D eigenvalue weighted by Crippen LogP contribution is 2.40. The number of hydrogen-bond donors (Lipinski definition) is 1. The number of ether oxygens (including phenoxy) is 1. The van der Waals surface area contributed by atoms with E-state index in [0.717, 1.165) is 17.5 Å². The van der Waals surface area contributed by atoms with E-state index in [-0.39, 0.29) is 24.0 Å². The molecule has 0 amide bonds. The van der Waals surface area contributed by atoms with E-state index in [9.17, 15) is 0 Å². The van der Waals surface area contributed by atoms with Crippen LogP contribution in [0.4, 0.5) is 5.69 Å². The van der Waals surface area contributed by atoms with Crippen molar-refractivity contribution < 1.29 is 33.3 Å². The molecule has 2 aliphatic rings. The summed E-state index contributed by atoms with van der Waals surface area (Å²) in [4.78, 5) is 2.47. The summed E-state index contributed by atoms with van der Waals surface area (Å²) in [6.07, 6.45) is 14.7. The normalized spacial score (nSPS) is 16.4. The SMILES string of the molecule is CC[n+]1c(C=CC=CC=C2Nc3ccccc3S2)sc2c1OCC=C2.[I-]. The Bertz CT molecular complexity index is 886. The molecule has 0 bridgehead atoms. The fourth-order valence-electron chi connectivity index (χ4n) is 2.76. The average molecular weight is 494 g/mol. The maximum absolute atomic E-state index is 5.77. The molecule has 1 N–H and O–H groups in total. The number of aromatic nitrogens is 1. The number of rotatable bonds is 4. The number of hydrogen-bond acceptors (Lipinski definition) is 4. The summed E-state index contributed by atoms with van der Waals surface area (Å²) in [5.41, 5.74) is 1.18. The summed E-state index contributed by atoms with van der Waals surface area (Å²) in [6, 6.07) is 8.36. The van der Waals surface area contributed by atoms with E-state index < -0.39 is 0 Å². The second kappa shape index (κ2) is 8.92. The van der Waals surface area contributed by atoms with E-state index in [0.29, 0.717) is 6.61 Å². The zero-order valence-corrected chi connectivity index (χ0v) is 18.1. The molecule has 0 aliphatic carbocycles. The van der Waals surface area contributed by atoms with Gasteiger partial charge in [-0.25, -0.2) is 0 Å². The number of nitrogens with zero attached hydrogens (tertiary/aromatic N) is 1. The van der Waals surface area contributed by atoms with Gasteiger partial charge in [0.1, 0.15) is 11.5 Å². The second-order valence-corrected chi connectivity index (χ2v) is 7.71. The summed E-state index contributed by atoms with van der Waals surface area (Å²) >= 11 is 3.52. The Kier molecular flexibility index (Phi) is 6.61. The van der Waals surface area contributed by atoms with Crippen LogP contribution < -0.4 is 38.6 Å². The van der Waals surface area contributed by atoms with E-state index in [4.69, 9.17) is 4.74 Å². The summed E-state index contributed by atoms with van der Waals surface area (Å²) in [7, 11) is 0. The molecule has 0 saturated carbocycles. The van der Waals surface area contributed by atoms with Crippen LogP contribution in [0.15, 0.2) is 64.6 Å². The maximum atomic E-state index is 5.77. The highest BCUT2D eigenvalue weighted by molar-refractivity contribution is 8.03. The number of para-hydroxylation sites is 1. The molecule has 0 fully saturated rings. The summed E-state index contributed by atoms with van der Waals surface area (Å²) < 4.78 is 7.99. The van der Waals surface area contributed by atoms with Gasteiger partial charge >= 0.3 is 5.88 Å². The number of thiazole rings is 1. The molecule has 2 aromatic rings. The van der Waals surface area contributed by atoms with Crippen molar-refractivity contribution in [2.45, 2.75) is 18.4 Å². The molecule has 0 saturated heterocycles. The fourth-order valence-corrected chi connectivity index (χ4v) is 4.80. The number of benzene rings is 1. The number of fused-ring (bicyclic) bond motifs is 2. The number of nitrogens with one attached hydrogen (secondary N) is 1. The molecule has 4 rings (SSSR count). The van der Waals surface area contributed by atoms with Gasteiger partial charge < -0.3 is 34.0 Å². The van der Waals surface area contributed by atoms with Crippen molar-refractivity contribution in [3.05, 3.63) is 69.6 Å². The Morgan fingerprint density at radius 2 is 2.12 bits per heavy atom. The van der Waals surface area contributed by atoms with E-state index in [1.54, 1.807) is 23.1 Å². The van der Waals surface area contributed by atoms with Crippen LogP contribution in [0.1, 0.15) is 16.8 Å². The van der Waals surface area contributed by atoms with Crippen molar-refractivity contribution in [1.82, 2.24) is 0 Å². The van der Waals surface area contributed by atoms with E-state index in [1.165, 1.54) is 20.5 Å². The largest absolute Gasteiger partial charge is 1.00 e. The van der Waals surface area contributed by atoms with Gasteiger partial charge in [-0.2, -0.15) is 4.57 Å². The van der Waals surface area contributed by atoms with Crippen LogP contribution in [0, 0.1) is 0 Å². The molecule has 0 radical (unpaired) electrons. The van der Waals surface area contributed by atoms with Crippen molar-refractivity contribution in [2.75, 3.05) is 11.9 Å². The van der Waals surface area contributed by atoms with Crippen LogP contribution in [0.3, 0.4) is 0 Å². The van der Waals surface area contributed by atoms with Gasteiger partial charge in [0.15, 0.2) is 6.54 Å². The molecule has 3 heterocycles. The molecule has 0 unspecified atom stereocenters. The van der Waals surface area contributed by atoms with Crippen LogP contribution in [0.5, 0.6) is 5.88 Å². The van der Waals surface area contributed by atoms with Gasteiger partial charge in [0.25, 0.3) is 5.01 Å². The Balaban J connectivity index is 0.00000196. The first-order valence-electron chi connectivity index (χ1n) is 8.30. The molecule has 0 spiro atoms. The quantitative estimate of drug-likeness (QED) is 0.401. The van der Waals surface area contributed by atoms with Crippen LogP contribution in [-0.2, 0) is 6.54 Å². The second-order valence-electron chi connectivity index (χ2n) is 5.57. The first-order valence-corrected chi connectivity index (χ1v) is 9.93. The molecule has 134 valence electrons. The third-order valence-electron chi connectivity index (χ3n) is 3.91. The van der Waals surface area contributed by atoms with Gasteiger partial charge in [-0.3, -0.25) is 0 Å². The highest BCUT2D eigenvalue weighted by atomic mass is 127. The number of halogens is 1. The van der Waals surface area contributed by atoms with Crippen molar-refractivity contribution in [3.8, 4) is 5.88 Å². The lowest BCUT2D eigenvalue weighted by Gasteiger charge is -2.03. The predicted molar refractivity (Wildman–Crippen MR) is 107 cm³/mol. The van der Waals surface area contributed by atoms with Crippen molar-refractivity contribution in [2.24, 2.45) is 0 Å². The van der Waals surface area contributed by atoms with Gasteiger partial charge in [0.2, 0.25) is 0 Å². The summed E-state index contributed by atoms with van der Waals surface area (Å²) in [5.74, 6) is 0.991. The Hall–Kier alpha value is -1.51. The Labute approximate surface area is 179 Å². The first-order chi connectivity index (χ1) is 12.3. The monoisotopic (exact) mass is 494 g/mol. The van der Waals surface area contributed by atoms with E-state index in [1.807, 2.05) is 0 Å². The molecular weight excluding hydrogens is 475 g/mol. The summed E-state index contributed by atoms with van der Waals surface area (Å²) in [6.45, 7) is 3.71. The van der Waals surface area contributed by atoms with E-state index in [2.05, 4.69) is 83.6 Å². The molecular formula is C20H19IN2OS2. The third-order valence-corrected chi connectivity index (χ3v) is 6.04. The molecule has 0 atom stereocenters. The first kappa shape index (κ1) is 19.3. The maximum Gasteiger partial charge on any atom is 0.387 e. The number of allylic oxidation sites excluding steroid dienone is 4. The molecule has 3 nitrogen and oxygen atoms in total. The zero-order chi connectivity index (χ0) is 17.1. The minimum Gasteiger partial charge on any atom is -1.00 e. The molecule has 6 heteroatoms. The van der Waals surface area contributed by atoms with Crippen molar-refractivity contribution in [3.63, 3.8) is 0 Å². The van der Waals surface area contributed by atoms with Crippen LogP contribution in [0.25, 0.3) is 12.2 Å². The number of thioether (sulfide) groups is 1. The standard InChI is InChI=1S/C20H18N2OS2.HI/c1-2-22-19(25-17-11-8-14-23-20(17)22)13-5-3-4-12-18-21-15-9-6-7-10-16(15)24-18;/h3-13H,2,14H2,1H3;1H. The van der Waals surface area contributed by atoms with Gasteiger partial charge in [0, 0.05) is 11.0 Å². The third kappa shape index (κ3) is 4.07. The Morgan fingerprint density at radius 1 is 1.23 bits per heavy atom. The smallest absolute Gasteiger partial charge is 0.387 e. The van der Waals surface area contributed by atoms with Gasteiger partial charge in [0.05, 0.1) is 10.7 Å². The van der Waals surface area contributed by atoms with Crippen LogP contribution >= 0.6 is 23.1 Å². The van der Waals surface area contributed by atoms with Gasteiger partial charge in [-0.15, -0.1) is 0 Å². The molecule has 2 aliphatic heterocycles. The lowest BCUT2D eigenvalue weighted by Crippen LogP contribution is -3.00. The molecule has 26 heavy (non-hydrogen) atoms. The van der Waals surface area contributed by atoms with E-state index >= 15 is 0 Å². The van der Waals surface area contributed by atoms with Crippen molar-refractivity contribution >= 4 is 40.9 Å². The van der Waals surface area contributed by atoms with Gasteiger partial charge in [-0.1, -0.05) is 53.5 Å². The minimum atomic E-state index is 0. The minimum absolute atomic E-state index is 0. The van der Waals surface area contributed by atoms with Crippen LogP contribution in [0.2, 0.25) is 0 Å². The zero-order valence-electron chi connectivity index (χ0n) is 14.3. The lowest BCUT2D eigenvalue weighted by molar-refractivity contribution is -0.695.